The van der Waals surface area contributed by atoms with E-state index in [9.17, 15) is 4.79 Å². The highest BCUT2D eigenvalue weighted by Gasteiger charge is 2.19. The van der Waals surface area contributed by atoms with E-state index >= 15 is 0 Å². The molecule has 1 aliphatic heterocycles. The van der Waals surface area contributed by atoms with Crippen molar-refractivity contribution in [1.29, 1.82) is 0 Å². The molecule has 0 aromatic heterocycles. The van der Waals surface area contributed by atoms with Gasteiger partial charge in [-0.1, -0.05) is 0 Å². The minimum absolute atomic E-state index is 0.0812. The molecule has 0 bridgehead atoms. The largest absolute Gasteiger partial charge is 0.497 e. The fourth-order valence-corrected chi connectivity index (χ4v) is 2.37. The fraction of sp³-hybridized carbons (Fsp3) is 0.533. The highest BCUT2D eigenvalue weighted by Crippen LogP contribution is 2.23. The number of hydrogen-bond donors (Lipinski definition) is 1. The Hall–Kier alpha value is -1.59. The zero-order valence-electron chi connectivity index (χ0n) is 12.1. The molecule has 0 amide bonds. The van der Waals surface area contributed by atoms with Gasteiger partial charge in [0, 0.05) is 30.8 Å². The van der Waals surface area contributed by atoms with E-state index < -0.39 is 0 Å². The number of rotatable bonds is 5. The Kier molecular flexibility index (Phi) is 4.98. The quantitative estimate of drug-likeness (QED) is 0.823. The minimum Gasteiger partial charge on any atom is -0.497 e. The molecule has 1 fully saturated rings. The lowest BCUT2D eigenvalue weighted by atomic mass is 10.0. The summed E-state index contributed by atoms with van der Waals surface area (Å²) in [4.78, 5) is 14.5. The van der Waals surface area contributed by atoms with Crippen LogP contribution in [-0.4, -0.2) is 50.6 Å². The first-order valence-corrected chi connectivity index (χ1v) is 6.86. The monoisotopic (exact) mass is 278 g/mol. The maximum absolute atomic E-state index is 12.3. The van der Waals surface area contributed by atoms with Crippen molar-refractivity contribution >= 4 is 5.78 Å². The molecule has 0 atom stereocenters. The molecule has 1 aliphatic rings. The van der Waals surface area contributed by atoms with Gasteiger partial charge < -0.3 is 15.2 Å². The molecule has 5 heteroatoms. The van der Waals surface area contributed by atoms with E-state index in [-0.39, 0.29) is 11.8 Å². The van der Waals surface area contributed by atoms with E-state index in [0.29, 0.717) is 23.6 Å². The number of methoxy groups -OCH3 is 2. The van der Waals surface area contributed by atoms with Crippen LogP contribution in [0.25, 0.3) is 0 Å². The molecule has 20 heavy (non-hydrogen) atoms. The number of piperidine rings is 1. The van der Waals surface area contributed by atoms with Crippen LogP contribution in [0.2, 0.25) is 0 Å². The molecule has 2 rings (SSSR count). The van der Waals surface area contributed by atoms with Crippen LogP contribution in [0.4, 0.5) is 0 Å². The topological polar surface area (TPSA) is 64.8 Å². The van der Waals surface area contributed by atoms with E-state index in [0.717, 1.165) is 25.9 Å². The Morgan fingerprint density at radius 1 is 1.20 bits per heavy atom. The van der Waals surface area contributed by atoms with E-state index in [2.05, 4.69) is 4.90 Å². The van der Waals surface area contributed by atoms with E-state index in [1.165, 1.54) is 0 Å². The molecule has 2 N–H and O–H groups in total. The molecule has 110 valence electrons. The zero-order valence-corrected chi connectivity index (χ0v) is 12.1. The minimum atomic E-state index is 0.0812. The molecule has 1 aromatic carbocycles. The van der Waals surface area contributed by atoms with Crippen molar-refractivity contribution in [2.24, 2.45) is 5.73 Å². The fourth-order valence-electron chi connectivity index (χ4n) is 2.37. The lowest BCUT2D eigenvalue weighted by molar-refractivity contribution is 0.0909. The van der Waals surface area contributed by atoms with Crippen LogP contribution in [0.1, 0.15) is 23.2 Å². The number of ketones is 1. The van der Waals surface area contributed by atoms with Gasteiger partial charge in [0.25, 0.3) is 0 Å². The summed E-state index contributed by atoms with van der Waals surface area (Å²) in [5.41, 5.74) is 6.49. The molecular formula is C15H22N2O3. The summed E-state index contributed by atoms with van der Waals surface area (Å²) < 4.78 is 10.4. The van der Waals surface area contributed by atoms with Crippen molar-refractivity contribution in [1.82, 2.24) is 4.90 Å². The lowest BCUT2D eigenvalue weighted by Crippen LogP contribution is -2.41. The first kappa shape index (κ1) is 14.8. The van der Waals surface area contributed by atoms with Gasteiger partial charge in [0.05, 0.1) is 20.8 Å². The number of Topliss-reactive ketones (excluding diaryl/α,β-unsaturated/α-hetero) is 1. The van der Waals surface area contributed by atoms with Gasteiger partial charge in [-0.25, -0.2) is 0 Å². The Balaban J connectivity index is 2.04. The van der Waals surface area contributed by atoms with Crippen molar-refractivity contribution < 1.29 is 14.3 Å². The molecule has 0 unspecified atom stereocenters. The second-order valence-electron chi connectivity index (χ2n) is 5.14. The molecular weight excluding hydrogens is 256 g/mol. The predicted octanol–water partition coefficient (Wildman–Crippen LogP) is 1.31. The second-order valence-corrected chi connectivity index (χ2v) is 5.14. The number of carbonyl (C=O) groups excluding carboxylic acids is 1. The van der Waals surface area contributed by atoms with Gasteiger partial charge in [0.15, 0.2) is 5.78 Å². The standard InChI is InChI=1S/C15H22N2O3/c1-19-13-7-11(8-14(9-13)20-2)15(18)10-17-5-3-12(16)4-6-17/h7-9,12H,3-6,10,16H2,1-2H3. The van der Waals surface area contributed by atoms with Crippen molar-refractivity contribution in [3.8, 4) is 11.5 Å². The average molecular weight is 278 g/mol. The van der Waals surface area contributed by atoms with Crippen LogP contribution in [-0.2, 0) is 0 Å². The molecule has 1 heterocycles. The molecule has 1 aromatic rings. The van der Waals surface area contributed by atoms with Crippen LogP contribution >= 0.6 is 0 Å². The Bertz CT molecular complexity index is 446. The first-order chi connectivity index (χ1) is 9.62. The third-order valence-corrected chi connectivity index (χ3v) is 3.67. The average Bonchev–Trinajstić information content (AvgIpc) is 2.48. The van der Waals surface area contributed by atoms with Crippen LogP contribution < -0.4 is 15.2 Å². The number of ether oxygens (including phenoxy) is 2. The molecule has 0 spiro atoms. The highest BCUT2D eigenvalue weighted by atomic mass is 16.5. The summed E-state index contributed by atoms with van der Waals surface area (Å²) in [6, 6.07) is 5.54. The number of nitrogens with two attached hydrogens (primary N) is 1. The van der Waals surface area contributed by atoms with Gasteiger partial charge in [-0.05, 0) is 25.0 Å². The first-order valence-electron chi connectivity index (χ1n) is 6.86. The Labute approximate surface area is 119 Å². The van der Waals surface area contributed by atoms with Gasteiger partial charge >= 0.3 is 0 Å². The van der Waals surface area contributed by atoms with Crippen molar-refractivity contribution in [2.45, 2.75) is 18.9 Å². The summed E-state index contributed by atoms with van der Waals surface area (Å²) in [6.07, 6.45) is 1.91. The second kappa shape index (κ2) is 6.72. The number of likely N-dealkylation sites (tertiary alicyclic amines) is 1. The summed E-state index contributed by atoms with van der Waals surface area (Å²) in [7, 11) is 3.16. The summed E-state index contributed by atoms with van der Waals surface area (Å²) in [6.45, 7) is 2.19. The van der Waals surface area contributed by atoms with Gasteiger partial charge in [0.2, 0.25) is 0 Å². The van der Waals surface area contributed by atoms with Crippen LogP contribution in [0.15, 0.2) is 18.2 Å². The van der Waals surface area contributed by atoms with Crippen LogP contribution in [0, 0.1) is 0 Å². The molecule has 1 saturated heterocycles. The summed E-state index contributed by atoms with van der Waals surface area (Å²) >= 11 is 0. The molecule has 0 saturated carbocycles. The summed E-state index contributed by atoms with van der Waals surface area (Å²) in [5, 5.41) is 0. The molecule has 5 nitrogen and oxygen atoms in total. The maximum Gasteiger partial charge on any atom is 0.177 e. The van der Waals surface area contributed by atoms with Crippen molar-refractivity contribution in [2.75, 3.05) is 33.9 Å². The SMILES string of the molecule is COc1cc(OC)cc(C(=O)CN2CCC(N)CC2)c1. The van der Waals surface area contributed by atoms with Gasteiger partial charge in [-0.3, -0.25) is 9.69 Å². The number of carbonyl (C=O) groups is 1. The maximum atomic E-state index is 12.3. The number of hydrogen-bond acceptors (Lipinski definition) is 5. The van der Waals surface area contributed by atoms with E-state index in [1.807, 2.05) is 0 Å². The summed E-state index contributed by atoms with van der Waals surface area (Å²) in [5.74, 6) is 1.35. The number of benzene rings is 1. The van der Waals surface area contributed by atoms with Gasteiger partial charge in [0.1, 0.15) is 11.5 Å². The van der Waals surface area contributed by atoms with E-state index in [1.54, 1.807) is 32.4 Å². The molecule has 0 radical (unpaired) electrons. The van der Waals surface area contributed by atoms with Crippen LogP contribution in [0.5, 0.6) is 11.5 Å². The Morgan fingerprint density at radius 3 is 2.25 bits per heavy atom. The third kappa shape index (κ3) is 3.71. The highest BCUT2D eigenvalue weighted by molar-refractivity contribution is 5.98. The van der Waals surface area contributed by atoms with Gasteiger partial charge in [-0.15, -0.1) is 0 Å². The van der Waals surface area contributed by atoms with E-state index in [4.69, 9.17) is 15.2 Å². The van der Waals surface area contributed by atoms with Gasteiger partial charge in [-0.2, -0.15) is 0 Å². The smallest absolute Gasteiger partial charge is 0.177 e. The third-order valence-electron chi connectivity index (χ3n) is 3.67. The Morgan fingerprint density at radius 2 is 1.75 bits per heavy atom. The van der Waals surface area contributed by atoms with Crippen molar-refractivity contribution in [3.05, 3.63) is 23.8 Å². The molecule has 0 aliphatic carbocycles. The normalized spacial score (nSPS) is 16.9. The number of nitrogens with zero attached hydrogens (tertiary/aromatic N) is 1. The lowest BCUT2D eigenvalue weighted by Gasteiger charge is -2.29. The predicted molar refractivity (Wildman–Crippen MR) is 77.5 cm³/mol. The van der Waals surface area contributed by atoms with Crippen LogP contribution in [0.3, 0.4) is 0 Å². The van der Waals surface area contributed by atoms with Crippen molar-refractivity contribution in [3.63, 3.8) is 0 Å². The zero-order chi connectivity index (χ0) is 14.5.